The fourth-order valence-corrected chi connectivity index (χ4v) is 2.47. The Bertz CT molecular complexity index is 900. The molecule has 0 aliphatic rings. The topological polar surface area (TPSA) is 123 Å². The molecule has 0 unspecified atom stereocenters. The minimum absolute atomic E-state index is 0.248. The maximum atomic E-state index is 12.1. The second-order valence-corrected chi connectivity index (χ2v) is 6.79. The molecule has 2 aromatic carbocycles. The first-order valence-electron chi connectivity index (χ1n) is 10.3. The monoisotopic (exact) mass is 441 g/mol. The van der Waals surface area contributed by atoms with Crippen LogP contribution in [0.25, 0.3) is 0 Å². The van der Waals surface area contributed by atoms with Gasteiger partial charge in [-0.25, -0.2) is 4.79 Å². The summed E-state index contributed by atoms with van der Waals surface area (Å²) in [6, 6.07) is 15.0. The van der Waals surface area contributed by atoms with E-state index in [9.17, 15) is 19.2 Å². The second-order valence-electron chi connectivity index (χ2n) is 6.79. The Balaban J connectivity index is 1.63. The maximum Gasteiger partial charge on any atom is 0.325 e. The van der Waals surface area contributed by atoms with Gasteiger partial charge < -0.3 is 20.1 Å². The fraction of sp³-hybridized carbons (Fsp3) is 0.304. The van der Waals surface area contributed by atoms with E-state index in [1.54, 1.807) is 24.3 Å². The predicted octanol–water partition coefficient (Wildman–Crippen LogP) is 2.16. The van der Waals surface area contributed by atoms with E-state index in [-0.39, 0.29) is 6.54 Å². The summed E-state index contributed by atoms with van der Waals surface area (Å²) >= 11 is 0. The van der Waals surface area contributed by atoms with E-state index < -0.39 is 37.0 Å². The van der Waals surface area contributed by atoms with Crippen LogP contribution in [0.5, 0.6) is 5.75 Å². The third kappa shape index (κ3) is 9.29. The Hall–Kier alpha value is -3.88. The van der Waals surface area contributed by atoms with Crippen molar-refractivity contribution in [2.24, 2.45) is 0 Å². The molecule has 0 aliphatic carbocycles. The molecule has 0 saturated heterocycles. The van der Waals surface area contributed by atoms with Crippen LogP contribution in [0.4, 0.5) is 4.79 Å². The lowest BCUT2D eigenvalue weighted by Gasteiger charge is -2.09. The number of ether oxygens (including phenoxy) is 2. The molecule has 0 aromatic heterocycles. The van der Waals surface area contributed by atoms with Gasteiger partial charge in [0, 0.05) is 12.1 Å². The molecule has 0 heterocycles. The number of rotatable bonds is 11. The lowest BCUT2D eigenvalue weighted by Crippen LogP contribution is -2.41. The lowest BCUT2D eigenvalue weighted by molar-refractivity contribution is -0.147. The molecule has 0 aliphatic heterocycles. The van der Waals surface area contributed by atoms with E-state index in [0.29, 0.717) is 17.9 Å². The summed E-state index contributed by atoms with van der Waals surface area (Å²) < 4.78 is 10.3. The van der Waals surface area contributed by atoms with Crippen molar-refractivity contribution in [2.45, 2.75) is 26.3 Å². The van der Waals surface area contributed by atoms with Crippen LogP contribution in [0.3, 0.4) is 0 Å². The number of hydrogen-bond acceptors (Lipinski definition) is 6. The maximum absolute atomic E-state index is 12.1. The zero-order valence-electron chi connectivity index (χ0n) is 17.9. The third-order valence-electron chi connectivity index (χ3n) is 4.19. The normalized spacial score (nSPS) is 10.0. The van der Waals surface area contributed by atoms with Crippen molar-refractivity contribution in [2.75, 3.05) is 19.8 Å². The van der Waals surface area contributed by atoms with Gasteiger partial charge in [0.1, 0.15) is 12.3 Å². The zero-order chi connectivity index (χ0) is 23.2. The Labute approximate surface area is 186 Å². The summed E-state index contributed by atoms with van der Waals surface area (Å²) in [5.74, 6) is -1.40. The van der Waals surface area contributed by atoms with Crippen LogP contribution in [0.15, 0.2) is 54.6 Å². The minimum atomic E-state index is -0.808. The van der Waals surface area contributed by atoms with Crippen molar-refractivity contribution in [1.82, 2.24) is 16.0 Å². The highest BCUT2D eigenvalue weighted by molar-refractivity contribution is 5.97. The van der Waals surface area contributed by atoms with Crippen molar-refractivity contribution in [3.8, 4) is 5.75 Å². The molecular formula is C23H27N3O6. The first kappa shape index (κ1) is 24.4. The molecule has 32 heavy (non-hydrogen) atoms. The van der Waals surface area contributed by atoms with E-state index in [2.05, 4.69) is 22.9 Å². The van der Waals surface area contributed by atoms with Gasteiger partial charge in [-0.05, 0) is 36.2 Å². The highest BCUT2D eigenvalue weighted by atomic mass is 16.5. The van der Waals surface area contributed by atoms with E-state index in [0.717, 1.165) is 18.4 Å². The molecule has 2 rings (SSSR count). The van der Waals surface area contributed by atoms with Crippen LogP contribution in [-0.4, -0.2) is 43.6 Å². The Morgan fingerprint density at radius 3 is 2.31 bits per heavy atom. The van der Waals surface area contributed by atoms with Gasteiger partial charge in [-0.1, -0.05) is 43.7 Å². The second kappa shape index (κ2) is 13.4. The molecule has 0 radical (unpaired) electrons. The van der Waals surface area contributed by atoms with Gasteiger partial charge in [-0.15, -0.1) is 0 Å². The standard InChI is InChI=1S/C23H27N3O6/c1-2-3-13-31-19-11-9-18(10-12-19)22(29)24-15-21(28)32-16-20(27)26-23(30)25-14-17-7-5-4-6-8-17/h4-12H,2-3,13-16H2,1H3,(H,24,29)(H2,25,26,27,30). The number of urea groups is 1. The summed E-state index contributed by atoms with van der Waals surface area (Å²) in [6.45, 7) is 1.87. The summed E-state index contributed by atoms with van der Waals surface area (Å²) in [6.07, 6.45) is 1.97. The van der Waals surface area contributed by atoms with Crippen molar-refractivity contribution in [3.05, 3.63) is 65.7 Å². The van der Waals surface area contributed by atoms with Crippen LogP contribution in [-0.2, 0) is 20.9 Å². The summed E-state index contributed by atoms with van der Waals surface area (Å²) in [5, 5.41) is 6.98. The number of unbranched alkanes of at least 4 members (excludes halogenated alkanes) is 1. The van der Waals surface area contributed by atoms with Gasteiger partial charge in [-0.2, -0.15) is 0 Å². The van der Waals surface area contributed by atoms with Crippen molar-refractivity contribution in [1.29, 1.82) is 0 Å². The van der Waals surface area contributed by atoms with Gasteiger partial charge in [-0.3, -0.25) is 19.7 Å². The first-order chi connectivity index (χ1) is 15.5. The Morgan fingerprint density at radius 2 is 1.62 bits per heavy atom. The molecule has 0 bridgehead atoms. The molecule has 4 amide bonds. The predicted molar refractivity (Wildman–Crippen MR) is 117 cm³/mol. The van der Waals surface area contributed by atoms with E-state index in [1.807, 2.05) is 30.3 Å². The molecule has 9 heteroatoms. The van der Waals surface area contributed by atoms with Crippen LogP contribution >= 0.6 is 0 Å². The van der Waals surface area contributed by atoms with Gasteiger partial charge in [0.25, 0.3) is 11.8 Å². The van der Waals surface area contributed by atoms with Crippen LogP contribution in [0, 0.1) is 0 Å². The van der Waals surface area contributed by atoms with E-state index >= 15 is 0 Å². The summed E-state index contributed by atoms with van der Waals surface area (Å²) in [5.41, 5.74) is 1.23. The zero-order valence-corrected chi connectivity index (χ0v) is 17.9. The number of nitrogens with one attached hydrogen (secondary N) is 3. The first-order valence-corrected chi connectivity index (χ1v) is 10.3. The van der Waals surface area contributed by atoms with Crippen LogP contribution in [0.2, 0.25) is 0 Å². The summed E-state index contributed by atoms with van der Waals surface area (Å²) in [7, 11) is 0. The van der Waals surface area contributed by atoms with Crippen molar-refractivity contribution in [3.63, 3.8) is 0 Å². The van der Waals surface area contributed by atoms with Gasteiger partial charge in [0.2, 0.25) is 0 Å². The Kier molecular flexibility index (Phi) is 10.2. The largest absolute Gasteiger partial charge is 0.494 e. The lowest BCUT2D eigenvalue weighted by atomic mass is 10.2. The molecule has 2 aromatic rings. The smallest absolute Gasteiger partial charge is 0.325 e. The quantitative estimate of drug-likeness (QED) is 0.363. The van der Waals surface area contributed by atoms with E-state index in [1.165, 1.54) is 0 Å². The van der Waals surface area contributed by atoms with Gasteiger partial charge in [0.05, 0.1) is 6.61 Å². The molecule has 0 spiro atoms. The SMILES string of the molecule is CCCCOc1ccc(C(=O)NCC(=O)OCC(=O)NC(=O)NCc2ccccc2)cc1. The number of carbonyl (C=O) groups is 4. The number of carbonyl (C=O) groups excluding carboxylic acids is 4. The summed E-state index contributed by atoms with van der Waals surface area (Å²) in [4.78, 5) is 47.2. The molecule has 0 saturated carbocycles. The average molecular weight is 441 g/mol. The number of imide groups is 1. The minimum Gasteiger partial charge on any atom is -0.494 e. The Morgan fingerprint density at radius 1 is 0.906 bits per heavy atom. The highest BCUT2D eigenvalue weighted by Gasteiger charge is 2.13. The van der Waals surface area contributed by atoms with Crippen LogP contribution in [0.1, 0.15) is 35.7 Å². The third-order valence-corrected chi connectivity index (χ3v) is 4.19. The number of hydrogen-bond donors (Lipinski definition) is 3. The van der Waals surface area contributed by atoms with Crippen molar-refractivity contribution >= 4 is 23.8 Å². The van der Waals surface area contributed by atoms with Gasteiger partial charge in [0.15, 0.2) is 6.61 Å². The molecule has 170 valence electrons. The molecule has 9 nitrogen and oxygen atoms in total. The average Bonchev–Trinajstić information content (AvgIpc) is 2.81. The number of amides is 4. The van der Waals surface area contributed by atoms with Crippen LogP contribution < -0.4 is 20.7 Å². The van der Waals surface area contributed by atoms with E-state index in [4.69, 9.17) is 9.47 Å². The fourth-order valence-electron chi connectivity index (χ4n) is 2.47. The number of benzene rings is 2. The molecule has 0 fully saturated rings. The number of esters is 1. The molecular weight excluding hydrogens is 414 g/mol. The highest BCUT2D eigenvalue weighted by Crippen LogP contribution is 2.12. The van der Waals surface area contributed by atoms with Gasteiger partial charge >= 0.3 is 12.0 Å². The molecule has 3 N–H and O–H groups in total. The van der Waals surface area contributed by atoms with Crippen molar-refractivity contribution < 1.29 is 28.7 Å². The molecule has 0 atom stereocenters.